The lowest BCUT2D eigenvalue weighted by atomic mass is 9.86. The van der Waals surface area contributed by atoms with Crippen molar-refractivity contribution in [2.75, 3.05) is 13.2 Å². The van der Waals surface area contributed by atoms with Crippen LogP contribution in [0.1, 0.15) is 47.2 Å². The number of fused-ring (bicyclic) bond motifs is 3. The van der Waals surface area contributed by atoms with Crippen molar-refractivity contribution in [3.05, 3.63) is 95.6 Å². The number of carbonyl (C=O) groups is 2. The highest BCUT2D eigenvalue weighted by Gasteiger charge is 2.47. The summed E-state index contributed by atoms with van der Waals surface area (Å²) in [5.74, 6) is -0.319. The molecule has 0 unspecified atom stereocenters. The highest BCUT2D eigenvalue weighted by Crippen LogP contribution is 2.48. The third-order valence-electron chi connectivity index (χ3n) is 8.44. The maximum atomic E-state index is 13.0. The fourth-order valence-electron chi connectivity index (χ4n) is 6.47. The van der Waals surface area contributed by atoms with Crippen molar-refractivity contribution in [3.8, 4) is 22.3 Å². The molecule has 0 radical (unpaired) electrons. The van der Waals surface area contributed by atoms with Crippen molar-refractivity contribution in [2.24, 2.45) is 5.92 Å². The Morgan fingerprint density at radius 2 is 1.59 bits per heavy atom. The smallest absolute Gasteiger partial charge is 0.416 e. The molecule has 4 aromatic rings. The maximum absolute atomic E-state index is 13.0. The van der Waals surface area contributed by atoms with Gasteiger partial charge in [0.1, 0.15) is 0 Å². The van der Waals surface area contributed by atoms with Gasteiger partial charge in [-0.3, -0.25) is 0 Å². The number of likely N-dealkylation sites (tertiary alicyclic amines) is 1. The molecule has 1 saturated heterocycles. The van der Waals surface area contributed by atoms with E-state index in [2.05, 4.69) is 12.1 Å². The summed E-state index contributed by atoms with van der Waals surface area (Å²) >= 11 is 0. The molecule has 4 aromatic carbocycles. The third kappa shape index (κ3) is 5.03. The van der Waals surface area contributed by atoms with Gasteiger partial charge in [-0.15, -0.1) is 0 Å². The van der Waals surface area contributed by atoms with Crippen LogP contribution < -0.4 is 0 Å². The van der Waals surface area contributed by atoms with Crippen molar-refractivity contribution in [2.45, 2.75) is 37.9 Å². The molecular weight excluding hydrogens is 531 g/mol. The molecular formula is C33H28F3NO4. The van der Waals surface area contributed by atoms with Crippen LogP contribution in [0.3, 0.4) is 0 Å². The molecule has 0 spiro atoms. The second kappa shape index (κ2) is 10.3. The van der Waals surface area contributed by atoms with Gasteiger partial charge < -0.3 is 14.7 Å². The van der Waals surface area contributed by atoms with Crippen LogP contribution in [0.25, 0.3) is 33.0 Å². The number of carbonyl (C=O) groups excluding carboxylic acids is 1. The number of carboxylic acids is 1. The van der Waals surface area contributed by atoms with E-state index in [1.165, 1.54) is 17.7 Å². The summed E-state index contributed by atoms with van der Waals surface area (Å²) in [4.78, 5) is 26.1. The maximum Gasteiger partial charge on any atom is 0.416 e. The highest BCUT2D eigenvalue weighted by atomic mass is 19.4. The van der Waals surface area contributed by atoms with E-state index < -0.39 is 17.7 Å². The lowest BCUT2D eigenvalue weighted by Gasteiger charge is -2.31. The second-order valence-corrected chi connectivity index (χ2v) is 10.8. The molecule has 8 heteroatoms. The van der Waals surface area contributed by atoms with Gasteiger partial charge >= 0.3 is 18.2 Å². The number of benzene rings is 4. The Hall–Kier alpha value is -4.33. The Balaban J connectivity index is 1.29. The number of ether oxygens (including phenoxy) is 1. The molecule has 2 bridgehead atoms. The van der Waals surface area contributed by atoms with Crippen LogP contribution in [0.2, 0.25) is 0 Å². The van der Waals surface area contributed by atoms with Crippen molar-refractivity contribution in [1.29, 1.82) is 0 Å². The van der Waals surface area contributed by atoms with Crippen LogP contribution in [0.4, 0.5) is 18.0 Å². The number of alkyl halides is 3. The number of piperidine rings is 1. The molecule has 0 aromatic heterocycles. The Morgan fingerprint density at radius 1 is 0.902 bits per heavy atom. The zero-order valence-electron chi connectivity index (χ0n) is 22.3. The summed E-state index contributed by atoms with van der Waals surface area (Å²) in [6.45, 7) is 2.87. The summed E-state index contributed by atoms with van der Waals surface area (Å²) in [6.07, 6.45) is -2.78. The lowest BCUT2D eigenvalue weighted by Crippen LogP contribution is -2.39. The minimum atomic E-state index is -4.41. The molecule has 210 valence electrons. The largest absolute Gasteiger partial charge is 0.478 e. The predicted molar refractivity (Wildman–Crippen MR) is 150 cm³/mol. The lowest BCUT2D eigenvalue weighted by molar-refractivity contribution is -0.137. The second-order valence-electron chi connectivity index (χ2n) is 10.8. The molecule has 6 rings (SSSR count). The first-order chi connectivity index (χ1) is 19.6. The van der Waals surface area contributed by atoms with Gasteiger partial charge in [0.25, 0.3) is 0 Å². The normalized spacial score (nSPS) is 20.0. The van der Waals surface area contributed by atoms with Gasteiger partial charge in [0.15, 0.2) is 0 Å². The Morgan fingerprint density at radius 3 is 2.20 bits per heavy atom. The summed E-state index contributed by atoms with van der Waals surface area (Å²) in [5, 5.41) is 11.3. The average molecular weight is 560 g/mol. The molecule has 1 saturated carbocycles. The number of nitrogens with zero attached hydrogens (tertiary/aromatic N) is 1. The predicted octanol–water partition coefficient (Wildman–Crippen LogP) is 8.23. The van der Waals surface area contributed by atoms with Crippen LogP contribution >= 0.6 is 0 Å². The molecule has 1 aliphatic heterocycles. The number of hydrogen-bond donors (Lipinski definition) is 1. The summed E-state index contributed by atoms with van der Waals surface area (Å²) in [7, 11) is 0. The first kappa shape index (κ1) is 26.9. The minimum Gasteiger partial charge on any atom is -0.478 e. The van der Waals surface area contributed by atoms with Crippen molar-refractivity contribution >= 4 is 22.8 Å². The molecule has 1 aliphatic carbocycles. The quantitative estimate of drug-likeness (QED) is 0.268. The highest BCUT2D eigenvalue weighted by molar-refractivity contribution is 6.04. The molecule has 3 atom stereocenters. The number of rotatable bonds is 5. The van der Waals surface area contributed by atoms with Crippen LogP contribution in [-0.2, 0) is 10.9 Å². The van der Waals surface area contributed by atoms with E-state index in [1.807, 2.05) is 42.2 Å². The monoisotopic (exact) mass is 559 g/mol. The zero-order valence-corrected chi connectivity index (χ0v) is 22.3. The summed E-state index contributed by atoms with van der Waals surface area (Å²) in [5.41, 5.74) is 3.57. The molecule has 41 heavy (non-hydrogen) atoms. The number of carboxylic acid groups (broad SMARTS) is 1. The van der Waals surface area contributed by atoms with Gasteiger partial charge in [-0.05, 0) is 101 Å². The number of hydrogen-bond acceptors (Lipinski definition) is 3. The SMILES string of the molecule is CCOC(=O)N1C[C@H]2C[C@@H]1C[C@@H]2c1ccc(-c2cc(C(=O)O)cc3cc(-c4ccc(C(F)(F)F)cc4)ccc23)cc1. The van der Waals surface area contributed by atoms with Crippen molar-refractivity contribution < 1.29 is 32.6 Å². The molecule has 2 fully saturated rings. The van der Waals surface area contributed by atoms with Gasteiger partial charge in [-0.1, -0.05) is 48.5 Å². The van der Waals surface area contributed by atoms with Crippen LogP contribution in [0.15, 0.2) is 78.9 Å². The number of aromatic carboxylic acids is 1. The van der Waals surface area contributed by atoms with E-state index in [0.717, 1.165) is 41.5 Å². The van der Waals surface area contributed by atoms with Crippen molar-refractivity contribution in [3.63, 3.8) is 0 Å². The van der Waals surface area contributed by atoms with Gasteiger partial charge in [-0.25, -0.2) is 9.59 Å². The van der Waals surface area contributed by atoms with Crippen molar-refractivity contribution in [1.82, 2.24) is 4.90 Å². The van der Waals surface area contributed by atoms with E-state index in [0.29, 0.717) is 41.5 Å². The van der Waals surface area contributed by atoms with Gasteiger partial charge in [0.2, 0.25) is 0 Å². The molecule has 1 amide bonds. The zero-order chi connectivity index (χ0) is 28.9. The average Bonchev–Trinajstić information content (AvgIpc) is 3.58. The Kier molecular flexibility index (Phi) is 6.72. The van der Waals surface area contributed by atoms with E-state index in [1.54, 1.807) is 12.1 Å². The standard InChI is InChI=1S/C33H28F3NO4/c1-2-41-32(40)37-18-25-15-27(37)17-29(25)20-3-5-21(6-4-20)30-16-24(31(38)39)14-23-13-22(9-12-28(23)30)19-7-10-26(11-8-19)33(34,35)36/h3-14,16,25,27,29H,2,15,17-18H2,1H3,(H,38,39)/t25-,27-,29-/m1/s1. The number of amides is 1. The van der Waals surface area contributed by atoms with Gasteiger partial charge in [0.05, 0.1) is 17.7 Å². The molecule has 5 nitrogen and oxygen atoms in total. The van der Waals surface area contributed by atoms with Crippen LogP contribution in [-0.4, -0.2) is 41.3 Å². The van der Waals surface area contributed by atoms with Crippen LogP contribution in [0, 0.1) is 5.92 Å². The first-order valence-corrected chi connectivity index (χ1v) is 13.6. The van der Waals surface area contributed by atoms with E-state index in [4.69, 9.17) is 4.74 Å². The third-order valence-corrected chi connectivity index (χ3v) is 8.44. The first-order valence-electron chi connectivity index (χ1n) is 13.6. The van der Waals surface area contributed by atoms with E-state index in [9.17, 15) is 27.9 Å². The number of halogens is 3. The summed E-state index contributed by atoms with van der Waals surface area (Å²) < 4.78 is 44.2. The minimum absolute atomic E-state index is 0.133. The van der Waals surface area contributed by atoms with Gasteiger partial charge in [-0.2, -0.15) is 13.2 Å². The van der Waals surface area contributed by atoms with Gasteiger partial charge in [0, 0.05) is 12.6 Å². The summed E-state index contributed by atoms with van der Waals surface area (Å²) in [6, 6.07) is 22.1. The van der Waals surface area contributed by atoms with E-state index in [-0.39, 0.29) is 17.7 Å². The fraction of sp³-hybridized carbons (Fsp3) is 0.273. The fourth-order valence-corrected chi connectivity index (χ4v) is 6.47. The topological polar surface area (TPSA) is 66.8 Å². The molecule has 1 heterocycles. The molecule has 2 aliphatic rings. The van der Waals surface area contributed by atoms with Crippen LogP contribution in [0.5, 0.6) is 0 Å². The Labute approximate surface area is 235 Å². The molecule has 1 N–H and O–H groups in total. The van der Waals surface area contributed by atoms with E-state index >= 15 is 0 Å². The Bertz CT molecular complexity index is 1630.